The Morgan fingerprint density at radius 2 is 1.95 bits per heavy atom. The number of hydrogen-bond acceptors (Lipinski definition) is 10. The predicted octanol–water partition coefficient (Wildman–Crippen LogP) is 5.09. The molecule has 40 heavy (non-hydrogen) atoms. The zero-order chi connectivity index (χ0) is 28.0. The van der Waals surface area contributed by atoms with E-state index in [0.29, 0.717) is 49.5 Å². The summed E-state index contributed by atoms with van der Waals surface area (Å²) in [6, 6.07) is 8.17. The molecule has 13 heteroatoms. The number of aromatic nitrogens is 4. The number of halogens is 1. The monoisotopic (exact) mass is 563 g/mol. The molecule has 4 heterocycles. The van der Waals surface area contributed by atoms with Crippen molar-refractivity contribution in [3.63, 3.8) is 0 Å². The first-order valence-electron chi connectivity index (χ1n) is 12.1. The molecule has 1 atom stereocenters. The Bertz CT molecular complexity index is 1760. The van der Waals surface area contributed by atoms with E-state index in [0.717, 1.165) is 10.5 Å². The number of ether oxygens (including phenoxy) is 4. The highest BCUT2D eigenvalue weighted by Crippen LogP contribution is 2.45. The topological polar surface area (TPSA) is 129 Å². The Morgan fingerprint density at radius 3 is 2.67 bits per heavy atom. The van der Waals surface area contributed by atoms with Gasteiger partial charge in [0, 0.05) is 17.7 Å². The van der Waals surface area contributed by atoms with Gasteiger partial charge in [0.15, 0.2) is 23.4 Å². The molecular formula is C27H22FN5O6S. The zero-order valence-electron chi connectivity index (χ0n) is 21.5. The number of hydrogen-bond donors (Lipinski definition) is 1. The summed E-state index contributed by atoms with van der Waals surface area (Å²) in [5, 5.41) is 10.3. The molecule has 1 aliphatic rings. The van der Waals surface area contributed by atoms with Crippen LogP contribution in [0.3, 0.4) is 0 Å². The number of carboxylic acid groups (broad SMARTS) is 1. The molecule has 11 nitrogen and oxygen atoms in total. The molecule has 1 N–H and O–H groups in total. The third-order valence-corrected chi connectivity index (χ3v) is 7.40. The van der Waals surface area contributed by atoms with E-state index >= 15 is 4.39 Å². The molecule has 204 valence electrons. The highest BCUT2D eigenvalue weighted by atomic mass is 32.1. The summed E-state index contributed by atoms with van der Waals surface area (Å²) in [6.45, 7) is 1.92. The second-order valence-electron chi connectivity index (χ2n) is 8.98. The molecule has 6 rings (SSSR count). The number of carbonyl (C=O) groups is 1. The molecule has 0 saturated carbocycles. The Labute approximate surface area is 230 Å². The Hall–Kier alpha value is -4.78. The fraction of sp³-hybridized carbons (Fsp3) is 0.222. The molecule has 0 spiro atoms. The van der Waals surface area contributed by atoms with Crippen LogP contribution >= 0.6 is 11.3 Å². The number of anilines is 1. The number of rotatable bonds is 6. The summed E-state index contributed by atoms with van der Waals surface area (Å²) in [7, 11) is 2.99. The summed E-state index contributed by atoms with van der Waals surface area (Å²) in [5.41, 5.74) is 3.37. The number of amides is 1. The van der Waals surface area contributed by atoms with E-state index in [4.69, 9.17) is 18.9 Å². The molecule has 0 aliphatic carbocycles. The van der Waals surface area contributed by atoms with E-state index in [1.54, 1.807) is 12.1 Å². The maximum Gasteiger partial charge on any atom is 0.411 e. The Morgan fingerprint density at radius 1 is 1.12 bits per heavy atom. The lowest BCUT2D eigenvalue weighted by Gasteiger charge is -2.30. The molecule has 1 aliphatic heterocycles. The van der Waals surface area contributed by atoms with Gasteiger partial charge in [0.1, 0.15) is 21.8 Å². The van der Waals surface area contributed by atoms with Gasteiger partial charge < -0.3 is 24.1 Å². The van der Waals surface area contributed by atoms with Gasteiger partial charge in [-0.1, -0.05) is 0 Å². The number of thiazole rings is 1. The van der Waals surface area contributed by atoms with Gasteiger partial charge in [-0.05, 0) is 30.7 Å². The molecule has 2 aromatic carbocycles. The summed E-state index contributed by atoms with van der Waals surface area (Å²) in [5.74, 6) is 0.689. The second kappa shape index (κ2) is 10.1. The molecule has 0 unspecified atom stereocenters. The van der Waals surface area contributed by atoms with Crippen LogP contribution in [0.5, 0.6) is 23.3 Å². The average Bonchev–Trinajstić information content (AvgIpc) is 3.41. The molecular weight excluding hydrogens is 541 g/mol. The number of nitrogens with zero attached hydrogens (tertiary/aromatic N) is 5. The predicted molar refractivity (Wildman–Crippen MR) is 145 cm³/mol. The second-order valence-corrected chi connectivity index (χ2v) is 9.98. The van der Waals surface area contributed by atoms with Crippen molar-refractivity contribution >= 4 is 44.4 Å². The first kappa shape index (κ1) is 25.5. The van der Waals surface area contributed by atoms with E-state index in [1.165, 1.54) is 44.0 Å². The van der Waals surface area contributed by atoms with Gasteiger partial charge in [0.25, 0.3) is 0 Å². The lowest BCUT2D eigenvalue weighted by molar-refractivity contribution is 0.0957. The maximum absolute atomic E-state index is 15.3. The molecule has 0 fully saturated rings. The summed E-state index contributed by atoms with van der Waals surface area (Å²) in [4.78, 5) is 30.7. The highest BCUT2D eigenvalue weighted by molar-refractivity contribution is 7.22. The fourth-order valence-corrected chi connectivity index (χ4v) is 5.56. The molecule has 5 aromatic rings. The van der Waals surface area contributed by atoms with Crippen LogP contribution in [0.15, 0.2) is 42.7 Å². The van der Waals surface area contributed by atoms with E-state index < -0.39 is 18.0 Å². The molecule has 0 bridgehead atoms. The number of aryl methyl sites for hydroxylation is 1. The van der Waals surface area contributed by atoms with Crippen molar-refractivity contribution in [3.8, 4) is 33.8 Å². The van der Waals surface area contributed by atoms with Crippen molar-refractivity contribution in [2.75, 3.05) is 32.3 Å². The van der Waals surface area contributed by atoms with Crippen molar-refractivity contribution < 1.29 is 33.2 Å². The molecule has 1 amide bonds. The van der Waals surface area contributed by atoms with Crippen molar-refractivity contribution in [1.82, 2.24) is 19.9 Å². The third-order valence-electron chi connectivity index (χ3n) is 6.32. The minimum absolute atomic E-state index is 0.0486. The smallest absolute Gasteiger partial charge is 0.411 e. The normalized spacial score (nSPS) is 14.3. The quantitative estimate of drug-likeness (QED) is 0.298. The van der Waals surface area contributed by atoms with Crippen LogP contribution in [0.2, 0.25) is 0 Å². The fourth-order valence-electron chi connectivity index (χ4n) is 4.48. The minimum atomic E-state index is -1.19. The zero-order valence-corrected chi connectivity index (χ0v) is 22.4. The van der Waals surface area contributed by atoms with Crippen LogP contribution < -0.4 is 23.8 Å². The lowest BCUT2D eigenvalue weighted by Crippen LogP contribution is -2.43. The van der Waals surface area contributed by atoms with Gasteiger partial charge in [0.2, 0.25) is 11.8 Å². The van der Waals surface area contributed by atoms with Gasteiger partial charge in [-0.3, -0.25) is 4.90 Å². The van der Waals surface area contributed by atoms with Crippen molar-refractivity contribution in [1.29, 1.82) is 0 Å². The molecule has 0 saturated heterocycles. The summed E-state index contributed by atoms with van der Waals surface area (Å²) in [6.07, 6.45) is 1.03. The van der Waals surface area contributed by atoms with Crippen molar-refractivity contribution in [3.05, 3.63) is 54.1 Å². The van der Waals surface area contributed by atoms with E-state index in [9.17, 15) is 9.90 Å². The van der Waals surface area contributed by atoms with E-state index in [1.807, 2.05) is 19.1 Å². The minimum Gasteiger partial charge on any atom is -0.484 e. The van der Waals surface area contributed by atoms with Crippen LogP contribution in [0.4, 0.5) is 14.9 Å². The van der Waals surface area contributed by atoms with Crippen LogP contribution in [0.1, 0.15) is 5.56 Å². The lowest BCUT2D eigenvalue weighted by atomic mass is 10.1. The van der Waals surface area contributed by atoms with Gasteiger partial charge in [-0.15, -0.1) is 11.3 Å². The number of benzene rings is 2. The average molecular weight is 564 g/mol. The first-order chi connectivity index (χ1) is 19.3. The Kier molecular flexibility index (Phi) is 6.42. The van der Waals surface area contributed by atoms with E-state index in [-0.39, 0.29) is 24.4 Å². The van der Waals surface area contributed by atoms with Crippen LogP contribution in [-0.4, -0.2) is 64.6 Å². The SMILES string of the molecule is COc1ccc(N(C[C@@H]2COc3c(cc(F)c4nc(-c5cc(C)cc6nc(OC)cnc56)sc34)O2)C(=O)O)cn1. The summed E-state index contributed by atoms with van der Waals surface area (Å²) >= 11 is 1.25. The van der Waals surface area contributed by atoms with Crippen molar-refractivity contribution in [2.45, 2.75) is 13.0 Å². The first-order valence-corrected chi connectivity index (χ1v) is 12.9. The van der Waals surface area contributed by atoms with Crippen molar-refractivity contribution in [2.24, 2.45) is 0 Å². The molecule has 3 aromatic heterocycles. The van der Waals surface area contributed by atoms with Gasteiger partial charge in [-0.25, -0.2) is 29.1 Å². The van der Waals surface area contributed by atoms with Gasteiger partial charge >= 0.3 is 6.09 Å². The standard InChI is InChI=1S/C27H22FN5O6S/c1-13-6-16(22-18(7-13)31-21(37-3)10-30-22)26-32-23-17(28)8-19-24(25(23)40-26)38-12-15(39-19)11-33(27(34)35)14-4-5-20(36-2)29-9-14/h4-10,15H,11-12H2,1-3H3,(H,34,35)/t15-/m1/s1. The Balaban J connectivity index is 1.33. The number of fused-ring (bicyclic) bond motifs is 4. The van der Waals surface area contributed by atoms with Crippen LogP contribution in [0.25, 0.3) is 31.8 Å². The number of pyridine rings is 1. The van der Waals surface area contributed by atoms with Crippen LogP contribution in [0, 0.1) is 12.7 Å². The maximum atomic E-state index is 15.3. The largest absolute Gasteiger partial charge is 0.484 e. The summed E-state index contributed by atoms with van der Waals surface area (Å²) < 4.78 is 38.1. The highest BCUT2D eigenvalue weighted by Gasteiger charge is 2.30. The van der Waals surface area contributed by atoms with Gasteiger partial charge in [0.05, 0.1) is 49.9 Å². The molecule has 0 radical (unpaired) electrons. The van der Waals surface area contributed by atoms with Gasteiger partial charge in [-0.2, -0.15) is 0 Å². The number of methoxy groups -OCH3 is 2. The third kappa shape index (κ3) is 4.53. The van der Waals surface area contributed by atoms with E-state index in [2.05, 4.69) is 19.9 Å². The van der Waals surface area contributed by atoms with Crippen LogP contribution in [-0.2, 0) is 0 Å².